The van der Waals surface area contributed by atoms with E-state index in [2.05, 4.69) is 32.6 Å². The van der Waals surface area contributed by atoms with Gasteiger partial charge in [0.25, 0.3) is 0 Å². The molecule has 2 N–H and O–H groups in total. The number of thiazole rings is 1. The molecule has 0 radical (unpaired) electrons. The Balaban J connectivity index is 1.59. The highest BCUT2D eigenvalue weighted by molar-refractivity contribution is 7.16. The van der Waals surface area contributed by atoms with Gasteiger partial charge in [-0.15, -0.1) is 17.8 Å². The van der Waals surface area contributed by atoms with E-state index in [9.17, 15) is 0 Å². The Morgan fingerprint density at radius 3 is 2.88 bits per heavy atom. The van der Waals surface area contributed by atoms with Crippen LogP contribution in [0.1, 0.15) is 31.2 Å². The van der Waals surface area contributed by atoms with E-state index >= 15 is 0 Å². The van der Waals surface area contributed by atoms with Crippen molar-refractivity contribution in [1.82, 2.24) is 9.97 Å². The molecule has 120 valence electrons. The van der Waals surface area contributed by atoms with Crippen molar-refractivity contribution in [3.8, 4) is 12.3 Å². The smallest absolute Gasteiger partial charge is 0.132 e. The number of nitrogens with one attached hydrogen (secondary N) is 2. The molecule has 0 aliphatic heterocycles. The van der Waals surface area contributed by atoms with E-state index in [1.807, 2.05) is 23.7 Å². The number of terminal acetylenes is 1. The summed E-state index contributed by atoms with van der Waals surface area (Å²) >= 11 is 1.63. The van der Waals surface area contributed by atoms with Crippen LogP contribution in [0, 0.1) is 12.3 Å². The number of nitrogens with zero attached hydrogens (tertiary/aromatic N) is 2. The summed E-state index contributed by atoms with van der Waals surface area (Å²) < 4.78 is 1.16. The quantitative estimate of drug-likeness (QED) is 0.675. The van der Waals surface area contributed by atoms with Crippen molar-refractivity contribution in [2.45, 2.75) is 31.7 Å². The lowest BCUT2D eigenvalue weighted by molar-refractivity contribution is 0.755. The molecule has 0 saturated heterocycles. The molecule has 3 aromatic rings. The average Bonchev–Trinajstić information content (AvgIpc) is 3.26. The van der Waals surface area contributed by atoms with E-state index in [1.165, 1.54) is 25.7 Å². The molecule has 0 amide bonds. The Hall–Kier alpha value is -2.58. The van der Waals surface area contributed by atoms with Gasteiger partial charge in [0.05, 0.1) is 27.0 Å². The zero-order chi connectivity index (χ0) is 16.4. The Morgan fingerprint density at radius 1 is 1.17 bits per heavy atom. The number of fused-ring (bicyclic) bond motifs is 1. The zero-order valence-electron chi connectivity index (χ0n) is 13.2. The minimum absolute atomic E-state index is 0.515. The van der Waals surface area contributed by atoms with Crippen LogP contribution in [0.25, 0.3) is 10.2 Å². The number of anilines is 3. The maximum Gasteiger partial charge on any atom is 0.132 e. The molecule has 0 bridgehead atoms. The average molecular weight is 334 g/mol. The molecule has 1 saturated carbocycles. The second-order valence-electron chi connectivity index (χ2n) is 6.05. The van der Waals surface area contributed by atoms with Crippen LogP contribution in [0.3, 0.4) is 0 Å². The number of hydrogen-bond acceptors (Lipinski definition) is 5. The van der Waals surface area contributed by atoms with E-state index in [-0.39, 0.29) is 0 Å². The van der Waals surface area contributed by atoms with Gasteiger partial charge in [0.15, 0.2) is 0 Å². The number of benzene rings is 1. The van der Waals surface area contributed by atoms with Crippen molar-refractivity contribution in [2.75, 3.05) is 10.6 Å². The topological polar surface area (TPSA) is 49.8 Å². The Kier molecular flexibility index (Phi) is 4.06. The summed E-state index contributed by atoms with van der Waals surface area (Å²) in [5.41, 5.74) is 5.67. The molecule has 5 heteroatoms. The molecular weight excluding hydrogens is 316 g/mol. The first-order valence-electron chi connectivity index (χ1n) is 8.15. The molecule has 0 unspecified atom stereocenters. The van der Waals surface area contributed by atoms with Gasteiger partial charge < -0.3 is 10.6 Å². The molecular formula is C19H18N4S. The van der Waals surface area contributed by atoms with E-state index in [4.69, 9.17) is 6.42 Å². The second kappa shape index (κ2) is 6.50. The van der Waals surface area contributed by atoms with E-state index in [0.29, 0.717) is 6.04 Å². The maximum atomic E-state index is 5.62. The Bertz CT molecular complexity index is 903. The first-order valence-corrected chi connectivity index (χ1v) is 9.03. The second-order valence-corrected chi connectivity index (χ2v) is 6.93. The molecule has 1 aliphatic rings. The fourth-order valence-electron chi connectivity index (χ4n) is 3.13. The molecule has 1 aliphatic carbocycles. The van der Waals surface area contributed by atoms with Crippen LogP contribution in [-0.4, -0.2) is 16.0 Å². The third-order valence-electron chi connectivity index (χ3n) is 4.38. The lowest BCUT2D eigenvalue weighted by atomic mass is 10.2. The van der Waals surface area contributed by atoms with Crippen molar-refractivity contribution in [3.63, 3.8) is 0 Å². The summed E-state index contributed by atoms with van der Waals surface area (Å²) in [5, 5.41) is 6.94. The van der Waals surface area contributed by atoms with Gasteiger partial charge >= 0.3 is 0 Å². The van der Waals surface area contributed by atoms with E-state index in [0.717, 1.165) is 33.0 Å². The third-order valence-corrected chi connectivity index (χ3v) is 5.17. The van der Waals surface area contributed by atoms with Crippen molar-refractivity contribution in [2.24, 2.45) is 0 Å². The molecule has 1 fully saturated rings. The van der Waals surface area contributed by atoms with Crippen LogP contribution >= 0.6 is 11.3 Å². The molecule has 0 atom stereocenters. The molecule has 4 rings (SSSR count). The number of hydrogen-bond donors (Lipinski definition) is 2. The zero-order valence-corrected chi connectivity index (χ0v) is 14.1. The van der Waals surface area contributed by atoms with Crippen LogP contribution < -0.4 is 10.6 Å². The lowest BCUT2D eigenvalue weighted by Crippen LogP contribution is -2.15. The van der Waals surface area contributed by atoms with Crippen LogP contribution in [-0.2, 0) is 0 Å². The highest BCUT2D eigenvalue weighted by Gasteiger charge is 2.16. The van der Waals surface area contributed by atoms with Gasteiger partial charge in [-0.1, -0.05) is 18.8 Å². The highest BCUT2D eigenvalue weighted by Crippen LogP contribution is 2.28. The SMILES string of the molecule is C#Cc1cnc(Nc2ccc3ncsc3c2)cc1NC1CCCC1. The summed E-state index contributed by atoms with van der Waals surface area (Å²) in [6.45, 7) is 0. The van der Waals surface area contributed by atoms with E-state index in [1.54, 1.807) is 17.5 Å². The van der Waals surface area contributed by atoms with Crippen LogP contribution in [0.15, 0.2) is 36.0 Å². The van der Waals surface area contributed by atoms with Crippen molar-refractivity contribution < 1.29 is 0 Å². The van der Waals surface area contributed by atoms with Gasteiger partial charge in [0, 0.05) is 24.0 Å². The predicted molar refractivity (Wildman–Crippen MR) is 101 cm³/mol. The first kappa shape index (κ1) is 15.0. The van der Waals surface area contributed by atoms with Gasteiger partial charge in [-0.25, -0.2) is 9.97 Å². The fourth-order valence-corrected chi connectivity index (χ4v) is 3.85. The number of rotatable bonds is 4. The molecule has 2 aromatic heterocycles. The summed E-state index contributed by atoms with van der Waals surface area (Å²) in [7, 11) is 0. The van der Waals surface area contributed by atoms with E-state index < -0.39 is 0 Å². The van der Waals surface area contributed by atoms with Gasteiger partial charge in [-0.05, 0) is 31.0 Å². The molecule has 4 nitrogen and oxygen atoms in total. The maximum absolute atomic E-state index is 5.62. The molecule has 24 heavy (non-hydrogen) atoms. The summed E-state index contributed by atoms with van der Waals surface area (Å²) in [5.74, 6) is 3.51. The van der Waals surface area contributed by atoms with Crippen LogP contribution in [0.4, 0.5) is 17.2 Å². The number of pyridine rings is 1. The standard InChI is InChI=1S/C19H18N4S/c1-2-13-11-20-19(10-17(13)22-14-5-3-4-6-14)23-15-7-8-16-18(9-15)24-12-21-16/h1,7-12,14H,3-6H2,(H2,20,22,23). The predicted octanol–water partition coefficient (Wildman–Crippen LogP) is 4.77. The van der Waals surface area contributed by atoms with Crippen molar-refractivity contribution in [1.29, 1.82) is 0 Å². The molecule has 1 aromatic carbocycles. The van der Waals surface area contributed by atoms with Gasteiger partial charge in [0.1, 0.15) is 5.82 Å². The normalized spacial score (nSPS) is 14.6. The lowest BCUT2D eigenvalue weighted by Gasteiger charge is -2.16. The largest absolute Gasteiger partial charge is 0.381 e. The third kappa shape index (κ3) is 3.06. The summed E-state index contributed by atoms with van der Waals surface area (Å²) in [6, 6.07) is 8.64. The Morgan fingerprint density at radius 2 is 2.04 bits per heavy atom. The monoisotopic (exact) mass is 334 g/mol. The number of aromatic nitrogens is 2. The van der Waals surface area contributed by atoms with Crippen molar-refractivity contribution in [3.05, 3.63) is 41.5 Å². The minimum atomic E-state index is 0.515. The van der Waals surface area contributed by atoms with Crippen LogP contribution in [0.2, 0.25) is 0 Å². The first-order chi connectivity index (χ1) is 11.8. The van der Waals surface area contributed by atoms with Gasteiger partial charge in [0.2, 0.25) is 0 Å². The molecule has 2 heterocycles. The molecule has 0 spiro atoms. The summed E-state index contributed by atoms with van der Waals surface area (Å²) in [6.07, 6.45) is 12.4. The van der Waals surface area contributed by atoms with Gasteiger partial charge in [-0.2, -0.15) is 0 Å². The highest BCUT2D eigenvalue weighted by atomic mass is 32.1. The minimum Gasteiger partial charge on any atom is -0.381 e. The fraction of sp³-hybridized carbons (Fsp3) is 0.263. The van der Waals surface area contributed by atoms with Crippen LogP contribution in [0.5, 0.6) is 0 Å². The van der Waals surface area contributed by atoms with Gasteiger partial charge in [-0.3, -0.25) is 0 Å². The van der Waals surface area contributed by atoms with Crippen molar-refractivity contribution >= 4 is 38.7 Å². The Labute approximate surface area is 145 Å². The summed E-state index contributed by atoms with van der Waals surface area (Å²) in [4.78, 5) is 8.75.